The number of H-pyrrole nitrogens is 1. The van der Waals surface area contributed by atoms with Crippen molar-refractivity contribution in [3.63, 3.8) is 0 Å². The molecular weight excluding hydrogens is 336 g/mol. The van der Waals surface area contributed by atoms with Crippen molar-refractivity contribution < 1.29 is 9.90 Å². The summed E-state index contributed by atoms with van der Waals surface area (Å²) in [6, 6.07) is 12.8. The van der Waals surface area contributed by atoms with Gasteiger partial charge in [0.25, 0.3) is 0 Å². The Hall–Kier alpha value is -2.80. The highest BCUT2D eigenvalue weighted by Gasteiger charge is 2.12. The maximum Gasteiger partial charge on any atom is 0.234 e. The van der Waals surface area contributed by atoms with Crippen molar-refractivity contribution in [3.8, 4) is 17.1 Å². The van der Waals surface area contributed by atoms with Crippen LogP contribution in [0.4, 0.5) is 5.69 Å². The van der Waals surface area contributed by atoms with E-state index in [4.69, 9.17) is 0 Å². The molecule has 0 atom stereocenters. The Balaban J connectivity index is 1.61. The average Bonchev–Trinajstić information content (AvgIpc) is 3.05. The van der Waals surface area contributed by atoms with Crippen LogP contribution in [0.5, 0.6) is 5.75 Å². The number of anilines is 1. The van der Waals surface area contributed by atoms with Crippen LogP contribution in [0.1, 0.15) is 11.1 Å². The Morgan fingerprint density at radius 3 is 2.84 bits per heavy atom. The monoisotopic (exact) mass is 354 g/mol. The molecule has 0 bridgehead atoms. The Kier molecular flexibility index (Phi) is 5.04. The van der Waals surface area contributed by atoms with Gasteiger partial charge in [0.05, 0.1) is 11.3 Å². The molecular formula is C18H18N4O2S. The minimum atomic E-state index is -0.118. The van der Waals surface area contributed by atoms with Gasteiger partial charge in [-0.25, -0.2) is 4.98 Å². The molecule has 3 rings (SSSR count). The number of aryl methyl sites for hydroxylation is 2. The summed E-state index contributed by atoms with van der Waals surface area (Å²) in [5.41, 5.74) is 3.50. The molecule has 6 nitrogen and oxygen atoms in total. The van der Waals surface area contributed by atoms with Crippen molar-refractivity contribution in [3.05, 3.63) is 53.6 Å². The number of nitrogens with zero attached hydrogens (tertiary/aromatic N) is 2. The quantitative estimate of drug-likeness (QED) is 0.610. The number of aromatic nitrogens is 3. The van der Waals surface area contributed by atoms with Gasteiger partial charge in [-0.05, 0) is 43.2 Å². The molecule has 0 aliphatic carbocycles. The summed E-state index contributed by atoms with van der Waals surface area (Å²) in [6.07, 6.45) is 0. The number of aromatic amines is 1. The van der Waals surface area contributed by atoms with Crippen LogP contribution in [0.2, 0.25) is 0 Å². The molecule has 2 aromatic carbocycles. The van der Waals surface area contributed by atoms with Crippen LogP contribution in [0.3, 0.4) is 0 Å². The minimum absolute atomic E-state index is 0.118. The van der Waals surface area contributed by atoms with E-state index in [1.54, 1.807) is 18.2 Å². The van der Waals surface area contributed by atoms with Gasteiger partial charge in [0.2, 0.25) is 11.1 Å². The first kappa shape index (κ1) is 17.0. The zero-order valence-corrected chi connectivity index (χ0v) is 14.7. The van der Waals surface area contributed by atoms with E-state index >= 15 is 0 Å². The number of phenolic OH excluding ortho intramolecular Hbond substituents is 1. The molecule has 0 saturated carbocycles. The number of aromatic hydroxyl groups is 1. The molecule has 25 heavy (non-hydrogen) atoms. The van der Waals surface area contributed by atoms with Gasteiger partial charge in [0.15, 0.2) is 5.82 Å². The third-order valence-electron chi connectivity index (χ3n) is 3.62. The highest BCUT2D eigenvalue weighted by molar-refractivity contribution is 7.99. The molecule has 0 radical (unpaired) electrons. The zero-order valence-electron chi connectivity index (χ0n) is 13.9. The van der Waals surface area contributed by atoms with Gasteiger partial charge in [-0.15, -0.1) is 5.10 Å². The molecule has 0 saturated heterocycles. The lowest BCUT2D eigenvalue weighted by molar-refractivity contribution is -0.113. The van der Waals surface area contributed by atoms with Crippen molar-refractivity contribution in [1.82, 2.24) is 15.2 Å². The number of hydrogen-bond acceptors (Lipinski definition) is 5. The molecule has 128 valence electrons. The summed E-state index contributed by atoms with van der Waals surface area (Å²) in [4.78, 5) is 16.5. The Labute approximate surface area is 149 Å². The number of carbonyl (C=O) groups is 1. The largest absolute Gasteiger partial charge is 0.507 e. The molecule has 7 heteroatoms. The summed E-state index contributed by atoms with van der Waals surface area (Å²) >= 11 is 1.23. The maximum absolute atomic E-state index is 12.1. The van der Waals surface area contributed by atoms with Crippen LogP contribution in [-0.2, 0) is 4.79 Å². The maximum atomic E-state index is 12.1. The topological polar surface area (TPSA) is 90.9 Å². The molecule has 3 aromatic rings. The number of nitrogens with one attached hydrogen (secondary N) is 2. The van der Waals surface area contributed by atoms with E-state index in [2.05, 4.69) is 20.5 Å². The van der Waals surface area contributed by atoms with Crippen molar-refractivity contribution in [1.29, 1.82) is 0 Å². The first-order chi connectivity index (χ1) is 12.0. The molecule has 0 unspecified atom stereocenters. The third-order valence-corrected chi connectivity index (χ3v) is 4.47. The van der Waals surface area contributed by atoms with Gasteiger partial charge in [-0.3, -0.25) is 9.89 Å². The highest BCUT2D eigenvalue weighted by atomic mass is 32.2. The molecule has 0 aliphatic rings. The molecule has 1 amide bonds. The van der Waals surface area contributed by atoms with E-state index < -0.39 is 0 Å². The smallest absolute Gasteiger partial charge is 0.234 e. The predicted octanol–water partition coefficient (Wildman–Crippen LogP) is 3.52. The van der Waals surface area contributed by atoms with E-state index in [-0.39, 0.29) is 17.4 Å². The van der Waals surface area contributed by atoms with Gasteiger partial charge < -0.3 is 10.4 Å². The van der Waals surface area contributed by atoms with Crippen molar-refractivity contribution in [2.75, 3.05) is 11.1 Å². The van der Waals surface area contributed by atoms with E-state index in [1.165, 1.54) is 11.8 Å². The van der Waals surface area contributed by atoms with E-state index in [0.29, 0.717) is 16.5 Å². The Morgan fingerprint density at radius 1 is 1.24 bits per heavy atom. The average molecular weight is 354 g/mol. The van der Waals surface area contributed by atoms with Crippen molar-refractivity contribution >= 4 is 23.4 Å². The van der Waals surface area contributed by atoms with Crippen molar-refractivity contribution in [2.24, 2.45) is 0 Å². The number of rotatable bonds is 5. The van der Waals surface area contributed by atoms with Crippen LogP contribution < -0.4 is 5.32 Å². The highest BCUT2D eigenvalue weighted by Crippen LogP contribution is 2.27. The van der Waals surface area contributed by atoms with Crippen LogP contribution >= 0.6 is 11.8 Å². The molecule has 0 aliphatic heterocycles. The fourth-order valence-electron chi connectivity index (χ4n) is 2.29. The number of thioether (sulfide) groups is 1. The first-order valence-corrected chi connectivity index (χ1v) is 8.72. The predicted molar refractivity (Wildman–Crippen MR) is 98.8 cm³/mol. The third kappa shape index (κ3) is 4.19. The first-order valence-electron chi connectivity index (χ1n) is 7.73. The van der Waals surface area contributed by atoms with Crippen LogP contribution in [0, 0.1) is 13.8 Å². The lowest BCUT2D eigenvalue weighted by Gasteiger charge is -2.08. The van der Waals surface area contributed by atoms with Gasteiger partial charge >= 0.3 is 0 Å². The second-order valence-corrected chi connectivity index (χ2v) is 6.58. The molecule has 0 spiro atoms. The summed E-state index contributed by atoms with van der Waals surface area (Å²) in [7, 11) is 0. The van der Waals surface area contributed by atoms with E-state index in [9.17, 15) is 9.90 Å². The summed E-state index contributed by atoms with van der Waals surface area (Å²) in [5.74, 6) is 0.678. The number of carbonyl (C=O) groups excluding carboxylic acids is 1. The number of benzene rings is 2. The standard InChI is InChI=1S/C18H18N4O2S/c1-11-7-8-12(2)14(9-11)19-16(24)10-25-18-20-17(21-22-18)13-5-3-4-6-15(13)23/h3-9,23H,10H2,1-2H3,(H,19,24)(H,20,21,22). The second-order valence-electron chi connectivity index (χ2n) is 5.64. The van der Waals surface area contributed by atoms with Crippen molar-refractivity contribution in [2.45, 2.75) is 19.0 Å². The number of para-hydroxylation sites is 1. The minimum Gasteiger partial charge on any atom is -0.507 e. The number of phenols is 1. The molecule has 1 aromatic heterocycles. The number of hydrogen-bond donors (Lipinski definition) is 3. The Morgan fingerprint density at radius 2 is 2.04 bits per heavy atom. The SMILES string of the molecule is Cc1ccc(C)c(NC(=O)CSc2n[nH]c(-c3ccccc3O)n2)c1. The fraction of sp³-hybridized carbons (Fsp3) is 0.167. The molecule has 0 fully saturated rings. The van der Waals surface area contributed by atoms with Gasteiger partial charge in [0, 0.05) is 5.69 Å². The second kappa shape index (κ2) is 7.40. The van der Waals surface area contributed by atoms with Gasteiger partial charge in [0.1, 0.15) is 5.75 Å². The summed E-state index contributed by atoms with van der Waals surface area (Å²) in [5, 5.41) is 20.1. The molecule has 1 heterocycles. The van der Waals surface area contributed by atoms with E-state index in [0.717, 1.165) is 16.8 Å². The lowest BCUT2D eigenvalue weighted by atomic mass is 10.1. The van der Waals surface area contributed by atoms with Gasteiger partial charge in [-0.1, -0.05) is 36.0 Å². The summed E-state index contributed by atoms with van der Waals surface area (Å²) < 4.78 is 0. The van der Waals surface area contributed by atoms with Crippen LogP contribution in [0.25, 0.3) is 11.4 Å². The zero-order chi connectivity index (χ0) is 17.8. The molecule has 3 N–H and O–H groups in total. The Bertz CT molecular complexity index is 908. The number of amides is 1. The lowest BCUT2D eigenvalue weighted by Crippen LogP contribution is -2.15. The normalized spacial score (nSPS) is 10.6. The van der Waals surface area contributed by atoms with Crippen LogP contribution in [-0.4, -0.2) is 31.9 Å². The fourth-order valence-corrected chi connectivity index (χ4v) is 2.89. The van der Waals surface area contributed by atoms with Crippen LogP contribution in [0.15, 0.2) is 47.6 Å². The summed E-state index contributed by atoms with van der Waals surface area (Å²) in [6.45, 7) is 3.94. The van der Waals surface area contributed by atoms with Gasteiger partial charge in [-0.2, -0.15) is 0 Å². The van der Waals surface area contributed by atoms with E-state index in [1.807, 2.05) is 38.1 Å².